The van der Waals surface area contributed by atoms with E-state index in [-0.39, 0.29) is 0 Å². The Hall–Kier alpha value is -0.870. The average molecular weight is 306 g/mol. The van der Waals surface area contributed by atoms with E-state index in [1.165, 1.54) is 23.8 Å². The molecule has 1 fully saturated rings. The highest BCUT2D eigenvalue weighted by Crippen LogP contribution is 2.37. The van der Waals surface area contributed by atoms with Gasteiger partial charge in [0, 0.05) is 6.54 Å². The summed E-state index contributed by atoms with van der Waals surface area (Å²) in [6.45, 7) is 1.73. The van der Waals surface area contributed by atoms with Crippen molar-refractivity contribution in [3.05, 3.63) is 0 Å². The van der Waals surface area contributed by atoms with Crippen molar-refractivity contribution in [1.82, 2.24) is 4.90 Å². The highest BCUT2D eigenvalue weighted by atomic mass is 32.2. The molecule has 9 heteroatoms. The van der Waals surface area contributed by atoms with Gasteiger partial charge in [-0.1, -0.05) is 11.8 Å². The smallest absolute Gasteiger partial charge is 0.415 e. The highest BCUT2D eigenvalue weighted by molar-refractivity contribution is 8.14. The summed E-state index contributed by atoms with van der Waals surface area (Å²) in [4.78, 5) is 17.2. The normalized spacial score (nSPS) is 36.2. The van der Waals surface area contributed by atoms with Crippen LogP contribution in [-0.4, -0.2) is 81.5 Å². The van der Waals surface area contributed by atoms with Gasteiger partial charge in [0.1, 0.15) is 29.8 Å². The molecule has 0 bridgehead atoms. The number of hydrogen-bond donors (Lipinski definition) is 3. The number of rotatable bonds is 2. The summed E-state index contributed by atoms with van der Waals surface area (Å²) in [6.07, 6.45) is -3.77. The summed E-state index contributed by atoms with van der Waals surface area (Å²) in [5, 5.41) is 29.3. The molecule has 0 saturated carbocycles. The minimum Gasteiger partial charge on any atom is -0.452 e. The number of aliphatic imine (C=N–C) groups is 1. The number of nitrogens with zero attached hydrogens (tertiary/aromatic N) is 2. The monoisotopic (exact) mass is 306 g/mol. The molecule has 2 heterocycles. The molecular weight excluding hydrogens is 288 g/mol. The van der Waals surface area contributed by atoms with Crippen LogP contribution in [0, 0.1) is 0 Å². The van der Waals surface area contributed by atoms with E-state index in [0.717, 1.165) is 0 Å². The van der Waals surface area contributed by atoms with E-state index in [1.54, 1.807) is 6.92 Å². The standard InChI is InChI=1S/C11H18N2O6S/c1-3-13(11(17)18-2)10-12-6-8(16)7(15)5(4-14)19-9(6)20-10/h5-9,14-16H,3-4H2,1-2H3. The first-order chi connectivity index (χ1) is 9.53. The second-order valence-corrected chi connectivity index (χ2v) is 5.51. The van der Waals surface area contributed by atoms with Crippen molar-refractivity contribution in [2.75, 3.05) is 20.3 Å². The summed E-state index contributed by atoms with van der Waals surface area (Å²) in [5.74, 6) is 0. The van der Waals surface area contributed by atoms with E-state index in [0.29, 0.717) is 11.7 Å². The molecule has 3 N–H and O–H groups in total. The molecule has 0 spiro atoms. The van der Waals surface area contributed by atoms with Gasteiger partial charge in [-0.2, -0.15) is 0 Å². The molecule has 114 valence electrons. The Kier molecular flexibility index (Phi) is 4.86. The van der Waals surface area contributed by atoms with Crippen LogP contribution in [0.4, 0.5) is 4.79 Å². The molecule has 5 unspecified atom stereocenters. The second-order valence-electron chi connectivity index (χ2n) is 4.44. The van der Waals surface area contributed by atoms with Crippen LogP contribution < -0.4 is 0 Å². The lowest BCUT2D eigenvalue weighted by atomic mass is 9.99. The van der Waals surface area contributed by atoms with Gasteiger partial charge in [-0.05, 0) is 6.92 Å². The lowest BCUT2D eigenvalue weighted by Crippen LogP contribution is -2.55. The lowest BCUT2D eigenvalue weighted by Gasteiger charge is -2.37. The molecule has 2 aliphatic heterocycles. The van der Waals surface area contributed by atoms with E-state index >= 15 is 0 Å². The number of methoxy groups -OCH3 is 1. The molecule has 2 rings (SSSR count). The first-order valence-corrected chi connectivity index (χ1v) is 7.13. The second kappa shape index (κ2) is 6.27. The van der Waals surface area contributed by atoms with Crippen molar-refractivity contribution in [1.29, 1.82) is 0 Å². The van der Waals surface area contributed by atoms with E-state index < -0.39 is 42.5 Å². The zero-order valence-electron chi connectivity index (χ0n) is 11.2. The van der Waals surface area contributed by atoms with Crippen LogP contribution in [0.25, 0.3) is 0 Å². The van der Waals surface area contributed by atoms with Crippen molar-refractivity contribution >= 4 is 23.0 Å². The van der Waals surface area contributed by atoms with Gasteiger partial charge in [-0.15, -0.1) is 0 Å². The van der Waals surface area contributed by atoms with Gasteiger partial charge in [-0.3, -0.25) is 9.89 Å². The topological polar surface area (TPSA) is 112 Å². The predicted molar refractivity (Wildman–Crippen MR) is 71.4 cm³/mol. The third-order valence-electron chi connectivity index (χ3n) is 3.27. The average Bonchev–Trinajstić information content (AvgIpc) is 2.87. The van der Waals surface area contributed by atoms with E-state index in [1.807, 2.05) is 0 Å². The Morgan fingerprint density at radius 2 is 2.20 bits per heavy atom. The first kappa shape index (κ1) is 15.5. The number of ether oxygens (including phenoxy) is 2. The molecule has 5 atom stereocenters. The van der Waals surface area contributed by atoms with Crippen LogP contribution in [0.5, 0.6) is 0 Å². The predicted octanol–water partition coefficient (Wildman–Crippen LogP) is -1.01. The molecule has 20 heavy (non-hydrogen) atoms. The minimum atomic E-state index is -1.21. The first-order valence-electron chi connectivity index (χ1n) is 6.25. The largest absolute Gasteiger partial charge is 0.452 e. The lowest BCUT2D eigenvalue weighted by molar-refractivity contribution is -0.164. The number of hydrogen-bond acceptors (Lipinski definition) is 8. The fourth-order valence-corrected chi connectivity index (χ4v) is 3.43. The zero-order chi connectivity index (χ0) is 14.9. The van der Waals surface area contributed by atoms with Gasteiger partial charge in [-0.25, -0.2) is 4.79 Å². The fraction of sp³-hybridized carbons (Fsp3) is 0.818. The number of amidine groups is 1. The third-order valence-corrected chi connectivity index (χ3v) is 4.43. The number of aliphatic hydroxyl groups is 3. The van der Waals surface area contributed by atoms with Gasteiger partial charge >= 0.3 is 6.09 Å². The van der Waals surface area contributed by atoms with Crippen LogP contribution in [0.1, 0.15) is 6.92 Å². The van der Waals surface area contributed by atoms with Crippen molar-refractivity contribution < 1.29 is 29.6 Å². The Bertz CT molecular complexity index is 406. The number of carbonyl (C=O) groups is 1. The van der Waals surface area contributed by atoms with E-state index in [9.17, 15) is 15.0 Å². The molecule has 1 amide bonds. The minimum absolute atomic E-state index is 0.361. The zero-order valence-corrected chi connectivity index (χ0v) is 12.0. The highest BCUT2D eigenvalue weighted by Gasteiger charge is 2.49. The number of carbonyl (C=O) groups excluding carboxylic acids is 1. The molecule has 1 saturated heterocycles. The van der Waals surface area contributed by atoms with Crippen molar-refractivity contribution in [2.45, 2.75) is 36.7 Å². The number of amides is 1. The van der Waals surface area contributed by atoms with Gasteiger partial charge in [0.15, 0.2) is 5.17 Å². The van der Waals surface area contributed by atoms with Gasteiger partial charge in [0.25, 0.3) is 0 Å². The van der Waals surface area contributed by atoms with E-state index in [2.05, 4.69) is 9.73 Å². The molecule has 2 aliphatic rings. The third kappa shape index (κ3) is 2.63. The van der Waals surface area contributed by atoms with Crippen LogP contribution >= 0.6 is 11.8 Å². The van der Waals surface area contributed by atoms with Crippen molar-refractivity contribution in [3.8, 4) is 0 Å². The maximum Gasteiger partial charge on any atom is 0.415 e. The molecule has 0 aromatic carbocycles. The van der Waals surface area contributed by atoms with Crippen molar-refractivity contribution in [2.24, 2.45) is 4.99 Å². The maximum atomic E-state index is 11.6. The quantitative estimate of drug-likeness (QED) is 0.599. The number of thioether (sulfide) groups is 1. The molecule has 0 radical (unpaired) electrons. The van der Waals surface area contributed by atoms with E-state index in [4.69, 9.17) is 9.84 Å². The summed E-state index contributed by atoms with van der Waals surface area (Å²) in [6, 6.07) is -0.675. The molecule has 0 aliphatic carbocycles. The summed E-state index contributed by atoms with van der Waals surface area (Å²) >= 11 is 1.17. The molecular formula is C11H18N2O6S. The number of aliphatic hydroxyl groups excluding tert-OH is 3. The molecule has 8 nitrogen and oxygen atoms in total. The fourth-order valence-electron chi connectivity index (χ4n) is 2.15. The summed E-state index contributed by atoms with van der Waals surface area (Å²) in [7, 11) is 1.27. The van der Waals surface area contributed by atoms with Crippen LogP contribution in [0.3, 0.4) is 0 Å². The van der Waals surface area contributed by atoms with Gasteiger partial charge < -0.3 is 24.8 Å². The molecule has 0 aromatic heterocycles. The summed E-state index contributed by atoms with van der Waals surface area (Å²) < 4.78 is 10.1. The van der Waals surface area contributed by atoms with Gasteiger partial charge in [0.05, 0.1) is 13.7 Å². The Morgan fingerprint density at radius 1 is 1.50 bits per heavy atom. The Labute approximate surface area is 120 Å². The van der Waals surface area contributed by atoms with Crippen LogP contribution in [0.2, 0.25) is 0 Å². The summed E-state index contributed by atoms with van der Waals surface area (Å²) in [5.41, 5.74) is -0.542. The SMILES string of the molecule is CCN(C(=O)OC)C1=NC2C(OC(CO)C(O)C2O)S1. The van der Waals surface area contributed by atoms with Crippen LogP contribution in [0.15, 0.2) is 4.99 Å². The van der Waals surface area contributed by atoms with Crippen LogP contribution in [-0.2, 0) is 9.47 Å². The molecule has 0 aromatic rings. The number of fused-ring (bicyclic) bond motifs is 1. The van der Waals surface area contributed by atoms with Crippen molar-refractivity contribution in [3.63, 3.8) is 0 Å². The Balaban J connectivity index is 2.16. The maximum absolute atomic E-state index is 11.6. The Morgan fingerprint density at radius 3 is 2.75 bits per heavy atom. The van der Waals surface area contributed by atoms with Gasteiger partial charge in [0.2, 0.25) is 0 Å².